The highest BCUT2D eigenvalue weighted by atomic mass is 79.9. The highest BCUT2D eigenvalue weighted by Gasteiger charge is 2.30. The van der Waals surface area contributed by atoms with Gasteiger partial charge in [-0.15, -0.1) is 0 Å². The molecule has 0 aliphatic heterocycles. The number of aromatic nitrogens is 2. The van der Waals surface area contributed by atoms with Gasteiger partial charge in [0.05, 0.1) is 16.2 Å². The lowest BCUT2D eigenvalue weighted by molar-refractivity contribution is -0.137. The maximum Gasteiger partial charge on any atom is 0.416 e. The Labute approximate surface area is 120 Å². The van der Waals surface area contributed by atoms with Crippen molar-refractivity contribution in [1.82, 2.24) is 9.78 Å². The lowest BCUT2D eigenvalue weighted by Gasteiger charge is -2.09. The van der Waals surface area contributed by atoms with E-state index < -0.39 is 17.6 Å². The molecule has 0 atom stereocenters. The van der Waals surface area contributed by atoms with Gasteiger partial charge < -0.3 is 5.32 Å². The maximum atomic E-state index is 12.5. The van der Waals surface area contributed by atoms with Gasteiger partial charge >= 0.3 is 6.18 Å². The Morgan fingerprint density at radius 1 is 1.40 bits per heavy atom. The minimum Gasteiger partial charge on any atom is -0.324 e. The number of amides is 1. The fourth-order valence-corrected chi connectivity index (χ4v) is 1.87. The molecule has 1 amide bonds. The zero-order valence-corrected chi connectivity index (χ0v) is 11.6. The number of halogens is 4. The summed E-state index contributed by atoms with van der Waals surface area (Å²) in [4.78, 5) is 11.7. The first-order chi connectivity index (χ1) is 9.34. The molecule has 0 bridgehead atoms. The summed E-state index contributed by atoms with van der Waals surface area (Å²) in [6, 6.07) is 4.46. The highest BCUT2D eigenvalue weighted by Crippen LogP contribution is 2.30. The molecule has 0 aliphatic rings. The fourth-order valence-electron chi connectivity index (χ4n) is 1.55. The van der Waals surface area contributed by atoms with E-state index in [1.165, 1.54) is 23.0 Å². The van der Waals surface area contributed by atoms with Crippen molar-refractivity contribution >= 4 is 27.5 Å². The van der Waals surface area contributed by atoms with Crippen LogP contribution in [0.4, 0.5) is 18.9 Å². The zero-order chi connectivity index (χ0) is 14.8. The number of nitrogens with one attached hydrogen (secondary N) is 1. The molecule has 2 rings (SSSR count). The highest BCUT2D eigenvalue weighted by molar-refractivity contribution is 9.10. The summed E-state index contributed by atoms with van der Waals surface area (Å²) < 4.78 is 39.6. The molecule has 1 N–H and O–H groups in total. The van der Waals surface area contributed by atoms with Crippen LogP contribution in [0.1, 0.15) is 5.56 Å². The molecule has 1 aromatic heterocycles. The topological polar surface area (TPSA) is 46.9 Å². The first-order valence-corrected chi connectivity index (χ1v) is 6.29. The van der Waals surface area contributed by atoms with Gasteiger partial charge in [0.1, 0.15) is 6.54 Å². The van der Waals surface area contributed by atoms with E-state index in [0.717, 1.165) is 12.1 Å². The molecule has 0 saturated carbocycles. The predicted octanol–water partition coefficient (Wildman–Crippen LogP) is 3.30. The van der Waals surface area contributed by atoms with Crippen LogP contribution in [0.15, 0.2) is 41.1 Å². The van der Waals surface area contributed by atoms with Crippen LogP contribution >= 0.6 is 15.9 Å². The number of anilines is 1. The monoisotopic (exact) mass is 347 g/mol. The number of hydrogen-bond donors (Lipinski definition) is 1. The number of benzene rings is 1. The molecule has 106 valence electrons. The number of carbonyl (C=O) groups excluding carboxylic acids is 1. The summed E-state index contributed by atoms with van der Waals surface area (Å²) in [6.07, 6.45) is -1.34. The SMILES string of the molecule is O=C(Cn1cc(Br)cn1)Nc1cccc(C(F)(F)F)c1. The van der Waals surface area contributed by atoms with E-state index in [4.69, 9.17) is 0 Å². The molecule has 0 unspecified atom stereocenters. The van der Waals surface area contributed by atoms with Crippen molar-refractivity contribution in [3.8, 4) is 0 Å². The minimum atomic E-state index is -4.44. The van der Waals surface area contributed by atoms with E-state index in [1.54, 1.807) is 6.20 Å². The van der Waals surface area contributed by atoms with Crippen molar-refractivity contribution in [2.45, 2.75) is 12.7 Å². The van der Waals surface area contributed by atoms with Crippen molar-refractivity contribution in [3.05, 3.63) is 46.7 Å². The summed E-state index contributed by atoms with van der Waals surface area (Å²) in [5, 5.41) is 6.28. The Bertz CT molecular complexity index is 624. The lowest BCUT2D eigenvalue weighted by Crippen LogP contribution is -2.19. The molecule has 2 aromatic rings. The third-order valence-corrected chi connectivity index (χ3v) is 2.79. The Morgan fingerprint density at radius 2 is 2.15 bits per heavy atom. The molecule has 0 fully saturated rings. The average Bonchev–Trinajstić information content (AvgIpc) is 2.73. The van der Waals surface area contributed by atoms with E-state index in [9.17, 15) is 18.0 Å². The average molecular weight is 348 g/mol. The molecule has 1 heterocycles. The molecule has 0 saturated heterocycles. The fraction of sp³-hybridized carbons (Fsp3) is 0.167. The van der Waals surface area contributed by atoms with Crippen LogP contribution < -0.4 is 5.32 Å². The zero-order valence-electron chi connectivity index (χ0n) is 9.99. The van der Waals surface area contributed by atoms with Crippen molar-refractivity contribution < 1.29 is 18.0 Å². The van der Waals surface area contributed by atoms with E-state index in [-0.39, 0.29) is 12.2 Å². The molecule has 4 nitrogen and oxygen atoms in total. The number of carbonyl (C=O) groups is 1. The second-order valence-electron chi connectivity index (χ2n) is 3.98. The first-order valence-electron chi connectivity index (χ1n) is 5.49. The Kier molecular flexibility index (Phi) is 4.12. The first kappa shape index (κ1) is 14.6. The quantitative estimate of drug-likeness (QED) is 0.925. The summed E-state index contributed by atoms with van der Waals surface area (Å²) in [5.41, 5.74) is -0.715. The molecule has 8 heteroatoms. The van der Waals surface area contributed by atoms with E-state index in [2.05, 4.69) is 26.3 Å². The summed E-state index contributed by atoms with van der Waals surface area (Å²) in [6.45, 7) is -0.0815. The number of alkyl halides is 3. The van der Waals surface area contributed by atoms with Crippen LogP contribution in [-0.2, 0) is 17.5 Å². The second-order valence-corrected chi connectivity index (χ2v) is 4.90. The van der Waals surface area contributed by atoms with Gasteiger partial charge in [-0.05, 0) is 34.1 Å². The lowest BCUT2D eigenvalue weighted by atomic mass is 10.2. The van der Waals surface area contributed by atoms with Gasteiger partial charge in [0.25, 0.3) is 0 Å². The number of rotatable bonds is 3. The Hall–Kier alpha value is -1.83. The van der Waals surface area contributed by atoms with Crippen molar-refractivity contribution in [1.29, 1.82) is 0 Å². The molecule has 20 heavy (non-hydrogen) atoms. The molecular formula is C12H9BrF3N3O. The van der Waals surface area contributed by atoms with E-state index >= 15 is 0 Å². The number of nitrogens with zero attached hydrogens (tertiary/aromatic N) is 2. The molecule has 0 spiro atoms. The Morgan fingerprint density at radius 3 is 2.75 bits per heavy atom. The maximum absolute atomic E-state index is 12.5. The largest absolute Gasteiger partial charge is 0.416 e. The third-order valence-electron chi connectivity index (χ3n) is 2.38. The minimum absolute atomic E-state index is 0.0815. The van der Waals surface area contributed by atoms with Gasteiger partial charge in [0, 0.05) is 11.9 Å². The predicted molar refractivity (Wildman–Crippen MR) is 70.0 cm³/mol. The third kappa shape index (κ3) is 3.83. The van der Waals surface area contributed by atoms with Crippen molar-refractivity contribution in [2.75, 3.05) is 5.32 Å². The summed E-state index contributed by atoms with van der Waals surface area (Å²) in [5.74, 6) is -0.458. The standard InChI is InChI=1S/C12H9BrF3N3O/c13-9-5-17-19(6-9)7-11(20)18-10-3-1-2-8(4-10)12(14,15)16/h1-6H,7H2,(H,18,20). The molecule has 1 aromatic carbocycles. The van der Waals surface area contributed by atoms with Crippen LogP contribution in [0.2, 0.25) is 0 Å². The normalized spacial score (nSPS) is 11.4. The van der Waals surface area contributed by atoms with Crippen molar-refractivity contribution in [3.63, 3.8) is 0 Å². The van der Waals surface area contributed by atoms with E-state index in [1.807, 2.05) is 0 Å². The van der Waals surface area contributed by atoms with Gasteiger partial charge in [-0.3, -0.25) is 9.48 Å². The second kappa shape index (κ2) is 5.66. The van der Waals surface area contributed by atoms with Gasteiger partial charge in [-0.2, -0.15) is 18.3 Å². The van der Waals surface area contributed by atoms with Crippen LogP contribution in [0.5, 0.6) is 0 Å². The van der Waals surface area contributed by atoms with Crippen molar-refractivity contribution in [2.24, 2.45) is 0 Å². The molecular weight excluding hydrogens is 339 g/mol. The number of hydrogen-bond acceptors (Lipinski definition) is 2. The van der Waals surface area contributed by atoms with Crippen LogP contribution in [0.25, 0.3) is 0 Å². The summed E-state index contributed by atoms with van der Waals surface area (Å²) in [7, 11) is 0. The van der Waals surface area contributed by atoms with Gasteiger partial charge in [-0.1, -0.05) is 6.07 Å². The smallest absolute Gasteiger partial charge is 0.324 e. The molecule has 0 aliphatic carbocycles. The van der Waals surface area contributed by atoms with Gasteiger partial charge in [-0.25, -0.2) is 0 Å². The Balaban J connectivity index is 2.04. The van der Waals surface area contributed by atoms with Crippen LogP contribution in [0, 0.1) is 0 Å². The van der Waals surface area contributed by atoms with Gasteiger partial charge in [0.15, 0.2) is 0 Å². The van der Waals surface area contributed by atoms with Crippen LogP contribution in [0.3, 0.4) is 0 Å². The van der Waals surface area contributed by atoms with Crippen LogP contribution in [-0.4, -0.2) is 15.7 Å². The summed E-state index contributed by atoms with van der Waals surface area (Å²) >= 11 is 3.18. The van der Waals surface area contributed by atoms with Gasteiger partial charge in [0.2, 0.25) is 5.91 Å². The van der Waals surface area contributed by atoms with E-state index in [0.29, 0.717) is 4.47 Å². The molecule has 0 radical (unpaired) electrons.